The highest BCUT2D eigenvalue weighted by molar-refractivity contribution is 5.42. The summed E-state index contributed by atoms with van der Waals surface area (Å²) in [7, 11) is 0. The van der Waals surface area contributed by atoms with Crippen LogP contribution in [0.1, 0.15) is 49.1 Å². The van der Waals surface area contributed by atoms with E-state index < -0.39 is 0 Å². The van der Waals surface area contributed by atoms with Crippen molar-refractivity contribution in [3.8, 4) is 0 Å². The first-order chi connectivity index (χ1) is 10.3. The van der Waals surface area contributed by atoms with Gasteiger partial charge in [-0.1, -0.05) is 43.5 Å². The minimum Gasteiger partial charge on any atom is -0.151 e. The van der Waals surface area contributed by atoms with Gasteiger partial charge in [-0.2, -0.15) is 10.2 Å². The van der Waals surface area contributed by atoms with Gasteiger partial charge in [-0.25, -0.2) is 0 Å². The van der Waals surface area contributed by atoms with Crippen molar-refractivity contribution in [3.63, 3.8) is 0 Å². The number of azo groups is 1. The van der Waals surface area contributed by atoms with Crippen LogP contribution in [-0.2, 0) is 0 Å². The topological polar surface area (TPSA) is 24.7 Å². The molecule has 0 amide bonds. The first kappa shape index (κ1) is 14.0. The summed E-state index contributed by atoms with van der Waals surface area (Å²) in [6, 6.07) is 16.7. The number of hydrogen-bond donors (Lipinski definition) is 0. The van der Waals surface area contributed by atoms with Crippen LogP contribution in [0, 0.1) is 6.92 Å². The molecule has 2 nitrogen and oxygen atoms in total. The largest absolute Gasteiger partial charge is 0.151 e. The molecule has 1 saturated carbocycles. The first-order valence-corrected chi connectivity index (χ1v) is 7.90. The van der Waals surface area contributed by atoms with Gasteiger partial charge in [0.05, 0.1) is 11.4 Å². The van der Waals surface area contributed by atoms with Crippen LogP contribution in [0.2, 0.25) is 0 Å². The van der Waals surface area contributed by atoms with E-state index in [1.165, 1.54) is 43.2 Å². The molecule has 0 atom stereocenters. The molecule has 0 spiro atoms. The standard InChI is InChI=1S/C19H22N2/c1-15-6-5-9-19(14-15)21-20-18-12-10-17(11-13-18)16-7-3-2-4-8-16/h5-6,9-14,16H,2-4,7-8H2,1H3. The first-order valence-electron chi connectivity index (χ1n) is 7.90. The molecule has 2 aromatic carbocycles. The summed E-state index contributed by atoms with van der Waals surface area (Å²) < 4.78 is 0. The summed E-state index contributed by atoms with van der Waals surface area (Å²) in [6.45, 7) is 2.07. The Hall–Kier alpha value is -1.96. The molecule has 0 unspecified atom stereocenters. The van der Waals surface area contributed by atoms with E-state index in [0.717, 1.165) is 17.3 Å². The lowest BCUT2D eigenvalue weighted by Gasteiger charge is -2.21. The number of hydrogen-bond acceptors (Lipinski definition) is 2. The Morgan fingerprint density at radius 1 is 0.810 bits per heavy atom. The summed E-state index contributed by atoms with van der Waals surface area (Å²) in [4.78, 5) is 0. The average molecular weight is 278 g/mol. The molecule has 3 rings (SSSR count). The van der Waals surface area contributed by atoms with Gasteiger partial charge in [0.25, 0.3) is 0 Å². The highest BCUT2D eigenvalue weighted by Crippen LogP contribution is 2.33. The summed E-state index contributed by atoms with van der Waals surface area (Å²) in [5.74, 6) is 0.751. The molecule has 0 bridgehead atoms. The maximum atomic E-state index is 4.33. The van der Waals surface area contributed by atoms with Crippen molar-refractivity contribution < 1.29 is 0 Å². The molecule has 0 saturated heterocycles. The fourth-order valence-corrected chi connectivity index (χ4v) is 3.05. The Morgan fingerprint density at radius 3 is 2.24 bits per heavy atom. The predicted octanol–water partition coefficient (Wildman–Crippen LogP) is 6.46. The SMILES string of the molecule is Cc1cccc(N=Nc2ccc(C3CCCCC3)cc2)c1. The molecule has 1 aliphatic rings. The van der Waals surface area contributed by atoms with E-state index in [1.807, 2.05) is 18.2 Å². The molecule has 0 heterocycles. The number of nitrogens with zero attached hydrogens (tertiary/aromatic N) is 2. The minimum atomic E-state index is 0.751. The Balaban J connectivity index is 1.69. The van der Waals surface area contributed by atoms with Gasteiger partial charge in [0.2, 0.25) is 0 Å². The monoisotopic (exact) mass is 278 g/mol. The summed E-state index contributed by atoms with van der Waals surface area (Å²) in [5, 5.41) is 8.63. The van der Waals surface area contributed by atoms with Crippen molar-refractivity contribution in [2.45, 2.75) is 44.9 Å². The molecule has 0 aromatic heterocycles. The van der Waals surface area contributed by atoms with E-state index in [-0.39, 0.29) is 0 Å². The molecule has 21 heavy (non-hydrogen) atoms. The number of aryl methyl sites for hydroxylation is 1. The van der Waals surface area contributed by atoms with Gasteiger partial charge in [-0.3, -0.25) is 0 Å². The second kappa shape index (κ2) is 6.66. The second-order valence-corrected chi connectivity index (χ2v) is 5.97. The normalized spacial score (nSPS) is 16.4. The molecule has 0 radical (unpaired) electrons. The van der Waals surface area contributed by atoms with Crippen LogP contribution >= 0.6 is 0 Å². The summed E-state index contributed by atoms with van der Waals surface area (Å²) in [5.41, 5.74) is 4.51. The smallest absolute Gasteiger partial charge is 0.0859 e. The van der Waals surface area contributed by atoms with E-state index in [4.69, 9.17) is 0 Å². The molecular formula is C19H22N2. The molecule has 0 N–H and O–H groups in total. The molecule has 2 heteroatoms. The number of rotatable bonds is 3. The van der Waals surface area contributed by atoms with Crippen molar-refractivity contribution in [3.05, 3.63) is 59.7 Å². The minimum absolute atomic E-state index is 0.751. The lowest BCUT2D eigenvalue weighted by atomic mass is 9.84. The van der Waals surface area contributed by atoms with Gasteiger partial charge in [-0.15, -0.1) is 0 Å². The highest BCUT2D eigenvalue weighted by Gasteiger charge is 2.14. The predicted molar refractivity (Wildman–Crippen MR) is 87.6 cm³/mol. The summed E-state index contributed by atoms with van der Waals surface area (Å²) >= 11 is 0. The molecule has 1 fully saturated rings. The van der Waals surface area contributed by atoms with E-state index in [1.54, 1.807) is 0 Å². The van der Waals surface area contributed by atoms with Crippen LogP contribution in [0.5, 0.6) is 0 Å². The molecule has 0 aliphatic heterocycles. The van der Waals surface area contributed by atoms with Gasteiger partial charge < -0.3 is 0 Å². The third-order valence-electron chi connectivity index (χ3n) is 4.25. The van der Waals surface area contributed by atoms with Gasteiger partial charge in [-0.05, 0) is 61.1 Å². The van der Waals surface area contributed by atoms with Crippen molar-refractivity contribution >= 4 is 11.4 Å². The third-order valence-corrected chi connectivity index (χ3v) is 4.25. The van der Waals surface area contributed by atoms with Crippen LogP contribution in [0.15, 0.2) is 58.8 Å². The zero-order chi connectivity index (χ0) is 14.5. The van der Waals surface area contributed by atoms with Gasteiger partial charge in [0.1, 0.15) is 0 Å². The maximum Gasteiger partial charge on any atom is 0.0859 e. The quantitative estimate of drug-likeness (QED) is 0.576. The van der Waals surface area contributed by atoms with Crippen molar-refractivity contribution in [1.29, 1.82) is 0 Å². The zero-order valence-corrected chi connectivity index (χ0v) is 12.6. The van der Waals surface area contributed by atoms with E-state index in [2.05, 4.69) is 47.5 Å². The highest BCUT2D eigenvalue weighted by atomic mass is 15.1. The van der Waals surface area contributed by atoms with Crippen LogP contribution < -0.4 is 0 Å². The van der Waals surface area contributed by atoms with Gasteiger partial charge in [0.15, 0.2) is 0 Å². The van der Waals surface area contributed by atoms with Crippen molar-refractivity contribution in [2.75, 3.05) is 0 Å². The van der Waals surface area contributed by atoms with Crippen molar-refractivity contribution in [2.24, 2.45) is 10.2 Å². The fourth-order valence-electron chi connectivity index (χ4n) is 3.05. The van der Waals surface area contributed by atoms with E-state index in [9.17, 15) is 0 Å². The lowest BCUT2D eigenvalue weighted by molar-refractivity contribution is 0.443. The van der Waals surface area contributed by atoms with Crippen LogP contribution in [-0.4, -0.2) is 0 Å². The van der Waals surface area contributed by atoms with Gasteiger partial charge in [0, 0.05) is 0 Å². The maximum absolute atomic E-state index is 4.33. The third kappa shape index (κ3) is 3.78. The Labute approximate surface area is 126 Å². The number of benzene rings is 2. The summed E-state index contributed by atoms with van der Waals surface area (Å²) in [6.07, 6.45) is 6.83. The van der Waals surface area contributed by atoms with E-state index >= 15 is 0 Å². The Bertz CT molecular complexity index is 608. The van der Waals surface area contributed by atoms with Crippen LogP contribution in [0.25, 0.3) is 0 Å². The second-order valence-electron chi connectivity index (χ2n) is 5.97. The molecule has 1 aliphatic carbocycles. The van der Waals surface area contributed by atoms with Crippen molar-refractivity contribution in [1.82, 2.24) is 0 Å². The lowest BCUT2D eigenvalue weighted by Crippen LogP contribution is -2.03. The average Bonchev–Trinajstić information content (AvgIpc) is 2.54. The fraction of sp³-hybridized carbons (Fsp3) is 0.368. The molecule has 108 valence electrons. The Morgan fingerprint density at radius 2 is 1.52 bits per heavy atom. The molecule has 2 aromatic rings. The van der Waals surface area contributed by atoms with Crippen LogP contribution in [0.3, 0.4) is 0 Å². The van der Waals surface area contributed by atoms with Gasteiger partial charge >= 0.3 is 0 Å². The van der Waals surface area contributed by atoms with E-state index in [0.29, 0.717) is 0 Å². The van der Waals surface area contributed by atoms with Crippen LogP contribution in [0.4, 0.5) is 11.4 Å². The zero-order valence-electron chi connectivity index (χ0n) is 12.6. The molecular weight excluding hydrogens is 256 g/mol. The Kier molecular flexibility index (Phi) is 4.44.